The molecule has 0 radical (unpaired) electrons. The summed E-state index contributed by atoms with van der Waals surface area (Å²) < 4.78 is 6.00. The SMILES string of the molecule is O=C(CC1CNCCO1)Nc1cccc(Br)c1O. The number of hydrogen-bond donors (Lipinski definition) is 3. The van der Waals surface area contributed by atoms with E-state index >= 15 is 0 Å². The van der Waals surface area contributed by atoms with E-state index in [1.807, 2.05) is 0 Å². The number of hydrogen-bond acceptors (Lipinski definition) is 4. The van der Waals surface area contributed by atoms with E-state index in [9.17, 15) is 9.90 Å². The molecule has 1 aliphatic rings. The van der Waals surface area contributed by atoms with Crippen molar-refractivity contribution in [3.8, 4) is 5.75 Å². The van der Waals surface area contributed by atoms with Gasteiger partial charge in [0.05, 0.1) is 29.3 Å². The maximum atomic E-state index is 11.8. The number of nitrogens with one attached hydrogen (secondary N) is 2. The van der Waals surface area contributed by atoms with E-state index in [0.29, 0.717) is 23.3 Å². The molecule has 0 aliphatic carbocycles. The Hall–Kier alpha value is -1.11. The van der Waals surface area contributed by atoms with E-state index in [0.717, 1.165) is 6.54 Å². The van der Waals surface area contributed by atoms with Crippen LogP contribution in [0.1, 0.15) is 6.42 Å². The number of morpholine rings is 1. The molecule has 0 spiro atoms. The first-order valence-corrected chi connectivity index (χ1v) is 6.56. The van der Waals surface area contributed by atoms with E-state index in [2.05, 4.69) is 26.6 Å². The van der Waals surface area contributed by atoms with Crippen molar-refractivity contribution in [2.24, 2.45) is 0 Å². The quantitative estimate of drug-likeness (QED) is 0.739. The molecule has 0 bridgehead atoms. The van der Waals surface area contributed by atoms with Crippen molar-refractivity contribution >= 4 is 27.5 Å². The lowest BCUT2D eigenvalue weighted by Gasteiger charge is -2.23. The van der Waals surface area contributed by atoms with Gasteiger partial charge in [0.25, 0.3) is 0 Å². The fraction of sp³-hybridized carbons (Fsp3) is 0.417. The molecule has 18 heavy (non-hydrogen) atoms. The number of phenols is 1. The third-order valence-corrected chi connectivity index (χ3v) is 3.32. The Labute approximate surface area is 114 Å². The molecule has 5 nitrogen and oxygen atoms in total. The van der Waals surface area contributed by atoms with Gasteiger partial charge in [-0.3, -0.25) is 4.79 Å². The van der Waals surface area contributed by atoms with Crippen LogP contribution in [0.3, 0.4) is 0 Å². The number of ether oxygens (including phenoxy) is 1. The second kappa shape index (κ2) is 6.17. The van der Waals surface area contributed by atoms with Crippen LogP contribution in [0.25, 0.3) is 0 Å². The average molecular weight is 315 g/mol. The molecule has 1 heterocycles. The summed E-state index contributed by atoms with van der Waals surface area (Å²) in [6.45, 7) is 2.13. The third kappa shape index (κ3) is 3.44. The molecule has 1 unspecified atom stereocenters. The molecule has 1 aromatic rings. The van der Waals surface area contributed by atoms with Gasteiger partial charge in [-0.05, 0) is 28.1 Å². The van der Waals surface area contributed by atoms with Crippen molar-refractivity contribution < 1.29 is 14.6 Å². The summed E-state index contributed by atoms with van der Waals surface area (Å²) in [5, 5.41) is 15.6. The number of carbonyl (C=O) groups is 1. The van der Waals surface area contributed by atoms with Crippen molar-refractivity contribution in [3.05, 3.63) is 22.7 Å². The molecule has 6 heteroatoms. The highest BCUT2D eigenvalue weighted by Gasteiger charge is 2.18. The van der Waals surface area contributed by atoms with Gasteiger partial charge in [0, 0.05) is 13.1 Å². The van der Waals surface area contributed by atoms with Gasteiger partial charge in [0.15, 0.2) is 5.75 Å². The normalized spacial score (nSPS) is 19.5. The van der Waals surface area contributed by atoms with Gasteiger partial charge in [0.2, 0.25) is 5.91 Å². The lowest BCUT2D eigenvalue weighted by Crippen LogP contribution is -2.40. The predicted octanol–water partition coefficient (Wildman–Crippen LogP) is 1.47. The lowest BCUT2D eigenvalue weighted by molar-refractivity contribution is -0.119. The monoisotopic (exact) mass is 314 g/mol. The maximum absolute atomic E-state index is 11.8. The summed E-state index contributed by atoms with van der Waals surface area (Å²) in [4.78, 5) is 11.8. The number of rotatable bonds is 3. The van der Waals surface area contributed by atoms with Gasteiger partial charge < -0.3 is 20.5 Å². The van der Waals surface area contributed by atoms with Crippen molar-refractivity contribution in [1.82, 2.24) is 5.32 Å². The maximum Gasteiger partial charge on any atom is 0.227 e. The van der Waals surface area contributed by atoms with Gasteiger partial charge >= 0.3 is 0 Å². The Kier molecular flexibility index (Phi) is 4.57. The minimum Gasteiger partial charge on any atom is -0.505 e. The van der Waals surface area contributed by atoms with E-state index in [4.69, 9.17) is 4.74 Å². The summed E-state index contributed by atoms with van der Waals surface area (Å²) in [5.41, 5.74) is 0.401. The molecular formula is C12H15BrN2O3. The lowest BCUT2D eigenvalue weighted by atomic mass is 10.2. The predicted molar refractivity (Wildman–Crippen MR) is 71.7 cm³/mol. The Bertz CT molecular complexity index is 433. The van der Waals surface area contributed by atoms with E-state index in [-0.39, 0.29) is 24.2 Å². The van der Waals surface area contributed by atoms with Crippen LogP contribution in [-0.4, -0.2) is 36.8 Å². The molecule has 3 N–H and O–H groups in total. The van der Waals surface area contributed by atoms with Crippen molar-refractivity contribution in [2.75, 3.05) is 25.0 Å². The Morgan fingerprint density at radius 3 is 3.17 bits per heavy atom. The van der Waals surface area contributed by atoms with E-state index in [1.165, 1.54) is 0 Å². The highest BCUT2D eigenvalue weighted by atomic mass is 79.9. The second-order valence-corrected chi connectivity index (χ2v) is 4.94. The van der Waals surface area contributed by atoms with Gasteiger partial charge in [-0.15, -0.1) is 0 Å². The number of aromatic hydroxyl groups is 1. The van der Waals surface area contributed by atoms with Crippen LogP contribution in [0.15, 0.2) is 22.7 Å². The standard InChI is InChI=1S/C12H15BrN2O3/c13-9-2-1-3-10(12(9)17)15-11(16)6-8-7-14-4-5-18-8/h1-3,8,14,17H,4-7H2,(H,15,16). The Morgan fingerprint density at radius 1 is 1.61 bits per heavy atom. The fourth-order valence-electron chi connectivity index (χ4n) is 1.78. The highest BCUT2D eigenvalue weighted by molar-refractivity contribution is 9.10. The van der Waals surface area contributed by atoms with Crippen molar-refractivity contribution in [2.45, 2.75) is 12.5 Å². The minimum atomic E-state index is -0.169. The van der Waals surface area contributed by atoms with Gasteiger partial charge in [-0.25, -0.2) is 0 Å². The molecule has 1 atom stereocenters. The topological polar surface area (TPSA) is 70.6 Å². The molecule has 98 valence electrons. The third-order valence-electron chi connectivity index (χ3n) is 2.68. The van der Waals surface area contributed by atoms with Crippen molar-refractivity contribution in [3.63, 3.8) is 0 Å². The van der Waals surface area contributed by atoms with Crippen LogP contribution in [-0.2, 0) is 9.53 Å². The largest absolute Gasteiger partial charge is 0.505 e. The number of para-hydroxylation sites is 1. The molecule has 1 fully saturated rings. The number of benzene rings is 1. The summed E-state index contributed by atoms with van der Waals surface area (Å²) in [7, 11) is 0. The number of amides is 1. The van der Waals surface area contributed by atoms with Gasteiger partial charge in [-0.1, -0.05) is 6.07 Å². The van der Waals surface area contributed by atoms with Crippen LogP contribution in [0, 0.1) is 0 Å². The number of halogens is 1. The molecule has 1 amide bonds. The summed E-state index contributed by atoms with van der Waals surface area (Å²) in [6.07, 6.45) is 0.173. The highest BCUT2D eigenvalue weighted by Crippen LogP contribution is 2.31. The molecule has 2 rings (SSSR count). The molecule has 0 saturated carbocycles. The second-order valence-electron chi connectivity index (χ2n) is 4.09. The fourth-order valence-corrected chi connectivity index (χ4v) is 2.14. The van der Waals surface area contributed by atoms with E-state index in [1.54, 1.807) is 18.2 Å². The Morgan fingerprint density at radius 2 is 2.44 bits per heavy atom. The number of anilines is 1. The van der Waals surface area contributed by atoms with Crippen molar-refractivity contribution in [1.29, 1.82) is 0 Å². The van der Waals surface area contributed by atoms with Crippen LogP contribution in [0.5, 0.6) is 5.75 Å². The van der Waals surface area contributed by atoms with Crippen LogP contribution in [0.4, 0.5) is 5.69 Å². The number of phenolic OH excluding ortho intramolecular Hbond substituents is 1. The molecule has 1 aromatic carbocycles. The molecular weight excluding hydrogens is 300 g/mol. The summed E-state index contributed by atoms with van der Waals surface area (Å²) in [6, 6.07) is 5.11. The first-order valence-electron chi connectivity index (χ1n) is 5.76. The summed E-state index contributed by atoms with van der Waals surface area (Å²) in [5.74, 6) is -0.134. The number of carbonyl (C=O) groups excluding carboxylic acids is 1. The van der Waals surface area contributed by atoms with E-state index < -0.39 is 0 Å². The average Bonchev–Trinajstić information content (AvgIpc) is 2.36. The first-order chi connectivity index (χ1) is 8.66. The van der Waals surface area contributed by atoms with Crippen LogP contribution < -0.4 is 10.6 Å². The first kappa shape index (κ1) is 13.3. The molecule has 0 aromatic heterocycles. The van der Waals surface area contributed by atoms with Gasteiger partial charge in [-0.2, -0.15) is 0 Å². The smallest absolute Gasteiger partial charge is 0.227 e. The minimum absolute atomic E-state index is 0.0357. The zero-order chi connectivity index (χ0) is 13.0. The molecule has 1 saturated heterocycles. The Balaban J connectivity index is 1.92. The zero-order valence-corrected chi connectivity index (χ0v) is 11.4. The summed E-state index contributed by atoms with van der Waals surface area (Å²) >= 11 is 3.20. The van der Waals surface area contributed by atoms with Crippen LogP contribution >= 0.6 is 15.9 Å². The van der Waals surface area contributed by atoms with Crippen LogP contribution in [0.2, 0.25) is 0 Å². The molecule has 1 aliphatic heterocycles. The zero-order valence-electron chi connectivity index (χ0n) is 9.78. The van der Waals surface area contributed by atoms with Gasteiger partial charge in [0.1, 0.15) is 0 Å².